The summed E-state index contributed by atoms with van der Waals surface area (Å²) < 4.78 is 304. The van der Waals surface area contributed by atoms with Crippen LogP contribution in [0.3, 0.4) is 0 Å². The van der Waals surface area contributed by atoms with Crippen molar-refractivity contribution in [3.05, 3.63) is 11.8 Å². The maximum Gasteiger partial charge on any atom is 1.00 e. The van der Waals surface area contributed by atoms with E-state index in [2.05, 4.69) is 28.5 Å². The van der Waals surface area contributed by atoms with Crippen LogP contribution < -0.4 is 268 Å². The number of esters is 6. The molecule has 4 N–H and O–H groups in total. The van der Waals surface area contributed by atoms with E-state index in [9.17, 15) is 143 Å². The minimum atomic E-state index is -6.57. The van der Waals surface area contributed by atoms with Crippen LogP contribution in [0.25, 0.3) is 0 Å². The van der Waals surface area contributed by atoms with Crippen LogP contribution in [0, 0.1) is 0 Å². The van der Waals surface area contributed by atoms with E-state index >= 15 is 0 Å². The average Bonchev–Trinajstić information content (AvgIpc) is 0.752. The van der Waals surface area contributed by atoms with E-state index in [-0.39, 0.29) is 287 Å². The predicted octanol–water partition coefficient (Wildman–Crippen LogP) is -33.8. The molecule has 25 unspecified atom stereocenters. The number of carboxylic acid groups (broad SMARTS) is 3. The molecule has 5 rings (SSSR count). The number of aliphatic carboxylic acids is 3. The Morgan fingerprint density at radius 2 is 0.606 bits per heavy atom. The Balaban J connectivity index is -0.0000102. The topological polar surface area (TPSA) is 810 Å². The number of hydrogen-bond donors (Lipinski definition) is 4. The minimum absolute atomic E-state index is 0. The zero-order valence-corrected chi connectivity index (χ0v) is 94.7. The number of rotatable bonds is 48. The second-order valence-electron chi connectivity index (χ2n) is 27.2. The quantitative estimate of drug-likeness (QED) is 0.00836. The van der Waals surface area contributed by atoms with Crippen molar-refractivity contribution in [2.75, 3.05) is 26.4 Å². The van der Waals surface area contributed by atoms with Gasteiger partial charge in [0.1, 0.15) is 91.5 Å². The zero-order chi connectivity index (χ0) is 93.4. The molecule has 0 aromatic heterocycles. The molecule has 5 aliphatic heterocycles. The van der Waals surface area contributed by atoms with Crippen LogP contribution in [0.4, 0.5) is 0 Å². The SMILES string of the molecule is CCCC(=O)OC/C(=C\C(=O)[O-])OC1OC(COS(=O)(=O)[O-])C(OC2OC(C(=O)[O-])C(OC3OC(COS(=O)(=O)[O-])C(OC4OC(C(=O)[O-])C(OC5OC(COS(=O)(=O)[O-])C(O)C(OC(=O)CCC)C5NC(C)=O)C(OC(=O)CCC)C4OS(=O)(=O)[O-])C(OC(=O)CCC)C3NC(C)=O)C(OC(=O)CCC)C2OS(=O)(=O)[O-])C(OC(=O)CCC)C1NC(C)=O.[Na+].[Na+].[Na+].[Na+].[Na+].[Na+].[Na+].[Na+]. The third kappa shape index (κ3) is 46.9. The van der Waals surface area contributed by atoms with Gasteiger partial charge < -0.3 is 149 Å². The predicted molar refractivity (Wildman–Crippen MR) is 372 cm³/mol. The minimum Gasteiger partial charge on any atom is -0.726 e. The van der Waals surface area contributed by atoms with Crippen molar-refractivity contribution < 1.29 is 476 Å². The van der Waals surface area contributed by atoms with Crippen molar-refractivity contribution in [3.63, 3.8) is 0 Å². The molecule has 132 heavy (non-hydrogen) atoms. The second-order valence-corrected chi connectivity index (χ2v) is 32.4. The van der Waals surface area contributed by atoms with E-state index in [1.54, 1.807) is 0 Å². The number of amides is 3. The standard InChI is InChI=1S/C64H97N3O52S5.8Na/c1-10-16-35(73)99-23-30(22-34(71)72)103-60-42(66-28(8)69)48(108-37(75)18-12-3)45(32(105-60)25-101-121(87,88)89)112-63-57(119-124(96,97)98)53(111-40(78)21-15-6)51(55(117-63)59(82)83)115-62-43(67-29(9)70)49(109-38(76)19-13-4)46(33(106-62)26-102-122(90,91)92)113-64-56(118-123(93,94)95)52(110-39(77)20-14-5)50(54(116-64)58(80)81)114-61-41(65-27(7)68)47(107-36(74)17-11-2)44(79)31(104-61)24-100-120(84,85)86;;;;;;;;/h22,31-33,41-57,60-64,79H,10-21,23-26H2,1-9H3,(H,65,68)(H,66,69)(H,67,70)(H,71,72)(H,80,81)(H,82,83)(H,84,85,86)(H,87,88,89)(H,90,91,92)(H,93,94,95)(H,96,97,98);;;;;;;;/q;8*+1/p-8/b30-22+;;;;;;;;. The van der Waals surface area contributed by atoms with E-state index in [1.807, 2.05) is 0 Å². The first-order chi connectivity index (χ1) is 57.6. The van der Waals surface area contributed by atoms with E-state index in [1.165, 1.54) is 41.5 Å². The maximum absolute atomic E-state index is 14.2. The normalized spacial score (nSPS) is 28.8. The molecule has 0 radical (unpaired) electrons. The number of carbonyl (C=O) groups excluding carboxylic acids is 12. The summed E-state index contributed by atoms with van der Waals surface area (Å²) in [5, 5.41) is 57.7. The molecule has 5 heterocycles. The van der Waals surface area contributed by atoms with E-state index < -0.39 is 341 Å². The van der Waals surface area contributed by atoms with Crippen LogP contribution in [-0.4, -0.2) is 321 Å². The second kappa shape index (κ2) is 64.8. The molecular formula is C64H89N3Na8O52S5. The molecule has 3 amide bonds. The number of hydrogen-bond acceptors (Lipinski definition) is 52. The largest absolute Gasteiger partial charge is 1.00 e. The van der Waals surface area contributed by atoms with Crippen molar-refractivity contribution in [1.29, 1.82) is 0 Å². The Kier molecular flexibility index (Phi) is 67.9. The molecule has 0 aromatic rings. The smallest absolute Gasteiger partial charge is 0.726 e. The Morgan fingerprint density at radius 1 is 0.333 bits per heavy atom. The Labute approximate surface area is 934 Å². The summed E-state index contributed by atoms with van der Waals surface area (Å²) in [5.41, 5.74) is 0. The van der Waals surface area contributed by atoms with Crippen molar-refractivity contribution >= 4 is 123 Å². The molecule has 0 bridgehead atoms. The van der Waals surface area contributed by atoms with Gasteiger partial charge in [-0.2, -0.15) is 0 Å². The summed E-state index contributed by atoms with van der Waals surface area (Å²) in [6.45, 7) is 4.00. The molecule has 710 valence electrons. The van der Waals surface area contributed by atoms with Crippen LogP contribution >= 0.6 is 0 Å². The van der Waals surface area contributed by atoms with Gasteiger partial charge in [-0.15, -0.1) is 0 Å². The van der Waals surface area contributed by atoms with Gasteiger partial charge >= 0.3 is 272 Å². The van der Waals surface area contributed by atoms with Gasteiger partial charge in [0.2, 0.25) is 76.0 Å². The number of aliphatic hydroxyl groups excluding tert-OH is 1. The summed E-state index contributed by atoms with van der Waals surface area (Å²) in [4.78, 5) is 161. The van der Waals surface area contributed by atoms with Crippen LogP contribution in [0.2, 0.25) is 0 Å². The van der Waals surface area contributed by atoms with Gasteiger partial charge in [-0.25, -0.2) is 42.1 Å². The van der Waals surface area contributed by atoms with Gasteiger partial charge in [0.25, 0.3) is 0 Å². The van der Waals surface area contributed by atoms with Crippen LogP contribution in [0.5, 0.6) is 0 Å². The van der Waals surface area contributed by atoms with Crippen molar-refractivity contribution in [1.82, 2.24) is 16.0 Å². The van der Waals surface area contributed by atoms with Crippen LogP contribution in [0.15, 0.2) is 11.8 Å². The fraction of sp³-hybridized carbons (Fsp3) is 0.781. The number of nitrogens with one attached hydrogen (secondary N) is 3. The summed E-state index contributed by atoms with van der Waals surface area (Å²) in [7, 11) is -31.1. The maximum atomic E-state index is 14.2. The molecule has 68 heteroatoms. The van der Waals surface area contributed by atoms with Gasteiger partial charge in [-0.05, 0) is 38.5 Å². The van der Waals surface area contributed by atoms with Crippen LogP contribution in [-0.2, 0) is 206 Å². The summed E-state index contributed by atoms with van der Waals surface area (Å²) in [6, 6.07) is -7.19. The molecule has 55 nitrogen and oxygen atoms in total. The molecule has 0 aromatic carbocycles. The zero-order valence-electron chi connectivity index (χ0n) is 74.6. The van der Waals surface area contributed by atoms with Gasteiger partial charge in [0, 0.05) is 65.4 Å². The molecule has 25 atom stereocenters. The molecule has 0 saturated carbocycles. The van der Waals surface area contributed by atoms with Gasteiger partial charge in [-0.3, -0.25) is 64.1 Å². The Morgan fingerprint density at radius 3 is 0.902 bits per heavy atom. The first kappa shape index (κ1) is 138. The van der Waals surface area contributed by atoms with Gasteiger partial charge in [-0.1, -0.05) is 41.5 Å². The monoisotopic (exact) mass is 2080 g/mol. The number of aliphatic hydroxyl groups is 1. The number of carboxylic acids is 3. The Bertz CT molecular complexity index is 4390. The number of ether oxygens (including phenoxy) is 16. The fourth-order valence-electron chi connectivity index (χ4n) is 12.6. The summed E-state index contributed by atoms with van der Waals surface area (Å²) in [6.07, 6.45) is -67.5. The molecule has 5 saturated heterocycles. The van der Waals surface area contributed by atoms with Crippen molar-refractivity contribution in [2.45, 2.75) is 293 Å². The van der Waals surface area contributed by atoms with Crippen LogP contribution in [0.1, 0.15) is 139 Å². The van der Waals surface area contributed by atoms with Gasteiger partial charge in [0.15, 0.2) is 67.9 Å². The fourth-order valence-corrected chi connectivity index (χ4v) is 14.4. The first-order valence-electron chi connectivity index (χ1n) is 37.2. The number of carbonyl (C=O) groups is 12. The molecule has 0 aliphatic carbocycles. The van der Waals surface area contributed by atoms with Crippen molar-refractivity contribution in [3.8, 4) is 0 Å². The molecule has 0 spiro atoms. The summed E-state index contributed by atoms with van der Waals surface area (Å²) >= 11 is 0. The molecular weight excluding hydrogens is 1990 g/mol. The Hall–Kier alpha value is 0.130. The summed E-state index contributed by atoms with van der Waals surface area (Å²) in [5.74, 6) is -20.3. The third-order valence-corrected chi connectivity index (χ3v) is 19.5. The first-order valence-corrected chi connectivity index (χ1v) is 43.9. The van der Waals surface area contributed by atoms with Gasteiger partial charge in [0.05, 0.1) is 37.7 Å². The third-order valence-electron chi connectivity index (χ3n) is 17.3. The van der Waals surface area contributed by atoms with E-state index in [0.717, 1.165) is 13.8 Å². The molecule has 5 aliphatic rings. The van der Waals surface area contributed by atoms with E-state index in [4.69, 9.17) is 84.2 Å². The van der Waals surface area contributed by atoms with E-state index in [0.29, 0.717) is 6.92 Å². The average molecular weight is 2080 g/mol. The molecule has 5 fully saturated rings. The van der Waals surface area contributed by atoms with Crippen molar-refractivity contribution in [2.24, 2.45) is 0 Å².